The third-order valence-corrected chi connectivity index (χ3v) is 3.68. The Morgan fingerprint density at radius 1 is 1.47 bits per heavy atom. The second kappa shape index (κ2) is 8.61. The van der Waals surface area contributed by atoms with Crippen molar-refractivity contribution in [2.75, 3.05) is 20.1 Å². The van der Waals surface area contributed by atoms with Crippen molar-refractivity contribution < 1.29 is 0 Å². The number of thiazole rings is 1. The van der Waals surface area contributed by atoms with Crippen LogP contribution in [-0.2, 0) is 6.54 Å². The van der Waals surface area contributed by atoms with Gasteiger partial charge in [-0.05, 0) is 46.3 Å². The van der Waals surface area contributed by atoms with Gasteiger partial charge in [0.25, 0.3) is 0 Å². The predicted octanol–water partition coefficient (Wildman–Crippen LogP) is 2.74. The molecule has 0 aliphatic carbocycles. The fourth-order valence-electron chi connectivity index (χ4n) is 1.77. The molecule has 1 N–H and O–H groups in total. The largest absolute Gasteiger partial charge is 0.317 e. The molecule has 0 saturated heterocycles. The summed E-state index contributed by atoms with van der Waals surface area (Å²) in [5, 5.41) is 5.58. The maximum atomic E-state index is 4.32. The van der Waals surface area contributed by atoms with Crippen molar-refractivity contribution in [3.8, 4) is 0 Å². The molecule has 0 aliphatic rings. The third-order valence-electron chi connectivity index (χ3n) is 3.05. The summed E-state index contributed by atoms with van der Waals surface area (Å²) < 4.78 is 0. The molecule has 1 aromatic heterocycles. The summed E-state index contributed by atoms with van der Waals surface area (Å²) in [7, 11) is 2.18. The molecule has 1 unspecified atom stereocenters. The Bertz CT molecular complexity index is 274. The quantitative estimate of drug-likeness (QED) is 0.688. The van der Waals surface area contributed by atoms with E-state index in [2.05, 4.69) is 41.5 Å². The second-order valence-corrected chi connectivity index (χ2v) is 5.35. The van der Waals surface area contributed by atoms with Gasteiger partial charge in [0.05, 0.1) is 11.2 Å². The van der Waals surface area contributed by atoms with Crippen LogP contribution in [0.1, 0.15) is 38.8 Å². The van der Waals surface area contributed by atoms with Crippen LogP contribution in [0, 0.1) is 0 Å². The van der Waals surface area contributed by atoms with Crippen LogP contribution in [0.2, 0.25) is 0 Å². The van der Waals surface area contributed by atoms with E-state index in [1.165, 1.54) is 25.0 Å². The maximum Gasteiger partial charge on any atom is 0.0795 e. The lowest BCUT2D eigenvalue weighted by Gasteiger charge is -2.23. The van der Waals surface area contributed by atoms with Gasteiger partial charge in [-0.1, -0.05) is 6.92 Å². The van der Waals surface area contributed by atoms with Crippen LogP contribution in [0.4, 0.5) is 0 Å². The molecule has 0 spiro atoms. The van der Waals surface area contributed by atoms with E-state index >= 15 is 0 Å². The minimum Gasteiger partial charge on any atom is -0.317 e. The molecule has 4 heteroatoms. The van der Waals surface area contributed by atoms with Crippen LogP contribution in [0.25, 0.3) is 0 Å². The fraction of sp³-hybridized carbons (Fsp3) is 0.769. The highest BCUT2D eigenvalue weighted by molar-refractivity contribution is 7.07. The summed E-state index contributed by atoms with van der Waals surface area (Å²) in [4.78, 5) is 6.71. The average Bonchev–Trinajstić information content (AvgIpc) is 2.81. The van der Waals surface area contributed by atoms with Crippen LogP contribution in [0.3, 0.4) is 0 Å². The zero-order chi connectivity index (χ0) is 12.5. The van der Waals surface area contributed by atoms with E-state index in [0.717, 1.165) is 19.6 Å². The van der Waals surface area contributed by atoms with E-state index in [-0.39, 0.29) is 0 Å². The van der Waals surface area contributed by atoms with Gasteiger partial charge in [0.1, 0.15) is 0 Å². The van der Waals surface area contributed by atoms with Crippen molar-refractivity contribution in [2.45, 2.75) is 45.7 Å². The third kappa shape index (κ3) is 6.15. The van der Waals surface area contributed by atoms with Gasteiger partial charge in [-0.3, -0.25) is 4.90 Å². The molecule has 1 heterocycles. The summed E-state index contributed by atoms with van der Waals surface area (Å²) in [6.07, 6.45) is 3.72. The Morgan fingerprint density at radius 2 is 2.29 bits per heavy atom. The smallest absolute Gasteiger partial charge is 0.0795 e. The van der Waals surface area contributed by atoms with Crippen molar-refractivity contribution in [3.63, 3.8) is 0 Å². The van der Waals surface area contributed by atoms with Gasteiger partial charge in [-0.2, -0.15) is 0 Å². The van der Waals surface area contributed by atoms with Crippen LogP contribution >= 0.6 is 11.3 Å². The first-order valence-corrected chi connectivity index (χ1v) is 7.46. The first kappa shape index (κ1) is 14.6. The number of hydrogen-bond acceptors (Lipinski definition) is 4. The van der Waals surface area contributed by atoms with Gasteiger partial charge in [-0.15, -0.1) is 11.3 Å². The molecule has 0 amide bonds. The van der Waals surface area contributed by atoms with Crippen LogP contribution in [0.15, 0.2) is 10.9 Å². The summed E-state index contributed by atoms with van der Waals surface area (Å²) >= 11 is 1.67. The van der Waals surface area contributed by atoms with Gasteiger partial charge in [0, 0.05) is 18.0 Å². The molecule has 0 aliphatic heterocycles. The normalized spacial score (nSPS) is 13.2. The highest BCUT2D eigenvalue weighted by Crippen LogP contribution is 2.09. The van der Waals surface area contributed by atoms with Gasteiger partial charge in [0.2, 0.25) is 0 Å². The van der Waals surface area contributed by atoms with Crippen molar-refractivity contribution in [2.24, 2.45) is 0 Å². The SMILES string of the molecule is CCCNCCCC(C)N(C)Cc1cscn1. The van der Waals surface area contributed by atoms with E-state index in [1.54, 1.807) is 11.3 Å². The van der Waals surface area contributed by atoms with E-state index in [4.69, 9.17) is 0 Å². The van der Waals surface area contributed by atoms with E-state index in [1.807, 2.05) is 5.51 Å². The summed E-state index contributed by atoms with van der Waals surface area (Å²) in [5.41, 5.74) is 3.09. The van der Waals surface area contributed by atoms with Crippen molar-refractivity contribution in [1.29, 1.82) is 0 Å². The van der Waals surface area contributed by atoms with Gasteiger partial charge in [-0.25, -0.2) is 4.98 Å². The number of nitrogens with one attached hydrogen (secondary N) is 1. The molecule has 0 aromatic carbocycles. The lowest BCUT2D eigenvalue weighted by Crippen LogP contribution is -2.29. The number of hydrogen-bond donors (Lipinski definition) is 1. The minimum absolute atomic E-state index is 0.625. The first-order valence-electron chi connectivity index (χ1n) is 6.52. The Hall–Kier alpha value is -0.450. The van der Waals surface area contributed by atoms with E-state index in [9.17, 15) is 0 Å². The first-order chi connectivity index (χ1) is 8.24. The van der Waals surface area contributed by atoms with Crippen LogP contribution in [0.5, 0.6) is 0 Å². The topological polar surface area (TPSA) is 28.2 Å². The lowest BCUT2D eigenvalue weighted by atomic mass is 10.1. The molecule has 1 aromatic rings. The monoisotopic (exact) mass is 255 g/mol. The summed E-state index contributed by atoms with van der Waals surface area (Å²) in [5.74, 6) is 0. The van der Waals surface area contributed by atoms with E-state index < -0.39 is 0 Å². The van der Waals surface area contributed by atoms with Crippen molar-refractivity contribution in [1.82, 2.24) is 15.2 Å². The molecular formula is C13H25N3S. The van der Waals surface area contributed by atoms with Crippen molar-refractivity contribution >= 4 is 11.3 Å². The molecule has 1 rings (SSSR count). The number of nitrogens with zero attached hydrogens (tertiary/aromatic N) is 2. The van der Waals surface area contributed by atoms with Crippen LogP contribution < -0.4 is 5.32 Å². The lowest BCUT2D eigenvalue weighted by molar-refractivity contribution is 0.232. The molecule has 0 bridgehead atoms. The fourth-order valence-corrected chi connectivity index (χ4v) is 2.32. The van der Waals surface area contributed by atoms with Crippen molar-refractivity contribution in [3.05, 3.63) is 16.6 Å². The molecule has 0 saturated carbocycles. The second-order valence-electron chi connectivity index (χ2n) is 4.64. The highest BCUT2D eigenvalue weighted by atomic mass is 32.1. The molecule has 3 nitrogen and oxygen atoms in total. The molecule has 98 valence electrons. The standard InChI is InChI=1S/C13H25N3S/c1-4-7-14-8-5-6-12(2)16(3)9-13-10-17-11-15-13/h10-12,14H,4-9H2,1-3H3. The molecule has 1 atom stereocenters. The number of rotatable bonds is 9. The average molecular weight is 255 g/mol. The summed E-state index contributed by atoms with van der Waals surface area (Å²) in [6.45, 7) is 7.75. The van der Waals surface area contributed by atoms with Gasteiger partial charge < -0.3 is 5.32 Å². The molecular weight excluding hydrogens is 230 g/mol. The van der Waals surface area contributed by atoms with E-state index in [0.29, 0.717) is 6.04 Å². The number of aromatic nitrogens is 1. The minimum atomic E-state index is 0.625. The maximum absolute atomic E-state index is 4.32. The zero-order valence-electron chi connectivity index (χ0n) is 11.3. The van der Waals surface area contributed by atoms with Gasteiger partial charge >= 0.3 is 0 Å². The Kier molecular flexibility index (Phi) is 7.40. The molecule has 17 heavy (non-hydrogen) atoms. The Labute approximate surface area is 109 Å². The van der Waals surface area contributed by atoms with Crippen LogP contribution in [-0.4, -0.2) is 36.1 Å². The molecule has 0 radical (unpaired) electrons. The zero-order valence-corrected chi connectivity index (χ0v) is 12.1. The highest BCUT2D eigenvalue weighted by Gasteiger charge is 2.09. The Morgan fingerprint density at radius 3 is 2.94 bits per heavy atom. The Balaban J connectivity index is 2.11. The van der Waals surface area contributed by atoms with Gasteiger partial charge in [0.15, 0.2) is 0 Å². The molecule has 0 fully saturated rings. The summed E-state index contributed by atoms with van der Waals surface area (Å²) in [6, 6.07) is 0.625. The predicted molar refractivity (Wildman–Crippen MR) is 75.4 cm³/mol.